The van der Waals surface area contributed by atoms with E-state index in [9.17, 15) is 13.2 Å². The minimum atomic E-state index is -3.54. The number of nitrogens with one attached hydrogen (secondary N) is 1. The van der Waals surface area contributed by atoms with Gasteiger partial charge in [0.05, 0.1) is 15.6 Å². The molecule has 0 atom stereocenters. The van der Waals surface area contributed by atoms with E-state index in [2.05, 4.69) is 27.9 Å². The summed E-state index contributed by atoms with van der Waals surface area (Å²) in [7, 11) is -1.96. The Morgan fingerprint density at radius 1 is 1.11 bits per heavy atom. The third-order valence-corrected chi connectivity index (χ3v) is 7.20. The predicted octanol–water partition coefficient (Wildman–Crippen LogP) is 3.73. The highest BCUT2D eigenvalue weighted by Gasteiger charge is 2.26. The fraction of sp³-hybridized carbons (Fsp3) is 0.316. The lowest BCUT2D eigenvalue weighted by Crippen LogP contribution is -2.35. The number of hydrogen-bond acceptors (Lipinski definition) is 4. The van der Waals surface area contributed by atoms with Crippen molar-refractivity contribution < 1.29 is 17.9 Å². The van der Waals surface area contributed by atoms with Crippen molar-refractivity contribution in [2.24, 2.45) is 0 Å². The van der Waals surface area contributed by atoms with Crippen LogP contribution in [-0.2, 0) is 10.0 Å². The Labute approximate surface area is 173 Å². The van der Waals surface area contributed by atoms with Crippen LogP contribution in [0.2, 0.25) is 0 Å². The largest absolute Gasteiger partial charge is 0.496 e. The second kappa shape index (κ2) is 8.57. The second-order valence-corrected chi connectivity index (χ2v) is 9.40. The van der Waals surface area contributed by atoms with Gasteiger partial charge in [0.1, 0.15) is 5.75 Å². The highest BCUT2D eigenvalue weighted by Crippen LogP contribution is 2.24. The number of anilines is 1. The smallest absolute Gasteiger partial charge is 0.255 e. The molecule has 0 bridgehead atoms. The fourth-order valence-corrected chi connectivity index (χ4v) is 5.30. The number of methoxy groups -OCH3 is 1. The standard InChI is InChI=1S/C19H21IN2O4S/c1-26-18-9-8-14(12-17(18)20)19(23)21-15-6-5-7-16(13-15)27(24,25)22-10-3-2-4-11-22/h5-9,12-13H,2-4,10-11H2,1H3,(H,21,23). The molecule has 27 heavy (non-hydrogen) atoms. The molecule has 2 aromatic rings. The summed E-state index contributed by atoms with van der Waals surface area (Å²) < 4.78 is 33.2. The molecule has 1 aliphatic rings. The second-order valence-electron chi connectivity index (χ2n) is 6.30. The van der Waals surface area contributed by atoms with Gasteiger partial charge in [-0.2, -0.15) is 4.31 Å². The molecule has 2 aromatic carbocycles. The Hall–Kier alpha value is -1.65. The summed E-state index contributed by atoms with van der Waals surface area (Å²) in [5, 5.41) is 2.77. The van der Waals surface area contributed by atoms with Gasteiger partial charge in [-0.1, -0.05) is 12.5 Å². The van der Waals surface area contributed by atoms with Crippen molar-refractivity contribution in [1.29, 1.82) is 0 Å². The van der Waals surface area contributed by atoms with Crippen molar-refractivity contribution in [3.05, 3.63) is 51.6 Å². The highest BCUT2D eigenvalue weighted by atomic mass is 127. The van der Waals surface area contributed by atoms with E-state index >= 15 is 0 Å². The van der Waals surface area contributed by atoms with Crippen LogP contribution in [0.1, 0.15) is 29.6 Å². The number of hydrogen-bond donors (Lipinski definition) is 1. The molecule has 6 nitrogen and oxygen atoms in total. The number of carbonyl (C=O) groups is 1. The topological polar surface area (TPSA) is 75.7 Å². The van der Waals surface area contributed by atoms with Crippen LogP contribution in [0.4, 0.5) is 5.69 Å². The molecule has 8 heteroatoms. The lowest BCUT2D eigenvalue weighted by Gasteiger charge is -2.26. The number of benzene rings is 2. The molecule has 1 N–H and O–H groups in total. The molecule has 0 aromatic heterocycles. The van der Waals surface area contributed by atoms with Crippen molar-refractivity contribution in [2.45, 2.75) is 24.2 Å². The molecule has 0 spiro atoms. The lowest BCUT2D eigenvalue weighted by molar-refractivity contribution is 0.102. The summed E-state index contributed by atoms with van der Waals surface area (Å²) >= 11 is 2.10. The Bertz CT molecular complexity index is 940. The Balaban J connectivity index is 1.79. The summed E-state index contributed by atoms with van der Waals surface area (Å²) in [5.74, 6) is 0.393. The molecule has 1 aliphatic heterocycles. The first-order chi connectivity index (χ1) is 12.9. The van der Waals surface area contributed by atoms with Gasteiger partial charge in [-0.25, -0.2) is 8.42 Å². The lowest BCUT2D eigenvalue weighted by atomic mass is 10.2. The number of nitrogens with zero attached hydrogens (tertiary/aromatic N) is 1. The summed E-state index contributed by atoms with van der Waals surface area (Å²) in [6, 6.07) is 11.5. The quantitative estimate of drug-likeness (QED) is 0.636. The van der Waals surface area contributed by atoms with Crippen LogP contribution < -0.4 is 10.1 Å². The van der Waals surface area contributed by atoms with Crippen LogP contribution in [0, 0.1) is 3.57 Å². The predicted molar refractivity (Wildman–Crippen MR) is 113 cm³/mol. The van der Waals surface area contributed by atoms with Crippen LogP contribution in [0.5, 0.6) is 5.75 Å². The van der Waals surface area contributed by atoms with Crippen LogP contribution in [0.25, 0.3) is 0 Å². The van der Waals surface area contributed by atoms with Gasteiger partial charge in [0.2, 0.25) is 10.0 Å². The Morgan fingerprint density at radius 2 is 1.85 bits per heavy atom. The first-order valence-corrected chi connectivity index (χ1v) is 11.2. The van der Waals surface area contributed by atoms with Gasteiger partial charge >= 0.3 is 0 Å². The van der Waals surface area contributed by atoms with E-state index in [0.717, 1.165) is 22.8 Å². The monoisotopic (exact) mass is 500 g/mol. The highest BCUT2D eigenvalue weighted by molar-refractivity contribution is 14.1. The summed E-state index contributed by atoms with van der Waals surface area (Å²) in [6.45, 7) is 1.09. The van der Waals surface area contributed by atoms with Crippen molar-refractivity contribution in [1.82, 2.24) is 4.31 Å². The molecule has 1 saturated heterocycles. The first-order valence-electron chi connectivity index (χ1n) is 8.67. The molecular weight excluding hydrogens is 479 g/mol. The number of rotatable bonds is 5. The zero-order valence-electron chi connectivity index (χ0n) is 14.9. The number of halogens is 1. The van der Waals surface area contributed by atoms with E-state index in [1.165, 1.54) is 10.4 Å². The molecule has 0 radical (unpaired) electrons. The van der Waals surface area contributed by atoms with E-state index in [-0.39, 0.29) is 10.8 Å². The molecule has 0 aliphatic carbocycles. The molecule has 1 heterocycles. The summed E-state index contributed by atoms with van der Waals surface area (Å²) in [4.78, 5) is 12.7. The molecular formula is C19H21IN2O4S. The minimum Gasteiger partial charge on any atom is -0.496 e. The maximum Gasteiger partial charge on any atom is 0.255 e. The molecule has 1 fully saturated rings. The number of sulfonamides is 1. The molecule has 1 amide bonds. The zero-order chi connectivity index (χ0) is 19.4. The van der Waals surface area contributed by atoms with Crippen molar-refractivity contribution in [2.75, 3.05) is 25.5 Å². The fourth-order valence-electron chi connectivity index (χ4n) is 3.00. The number of piperidine rings is 1. The van der Waals surface area contributed by atoms with Gasteiger partial charge in [-0.15, -0.1) is 0 Å². The maximum atomic E-state index is 12.8. The van der Waals surface area contributed by atoms with E-state index < -0.39 is 10.0 Å². The molecule has 3 rings (SSSR count). The van der Waals surface area contributed by atoms with E-state index in [0.29, 0.717) is 30.1 Å². The summed E-state index contributed by atoms with van der Waals surface area (Å²) in [6.07, 6.45) is 2.82. The maximum absolute atomic E-state index is 12.8. The normalized spacial score (nSPS) is 15.3. The number of amides is 1. The molecule has 144 valence electrons. The van der Waals surface area contributed by atoms with Crippen LogP contribution in [0.3, 0.4) is 0 Å². The number of carbonyl (C=O) groups excluding carboxylic acids is 1. The van der Waals surface area contributed by atoms with Gasteiger partial charge in [-0.3, -0.25) is 4.79 Å². The average Bonchev–Trinajstić information content (AvgIpc) is 2.68. The molecule has 0 unspecified atom stereocenters. The van der Waals surface area contributed by atoms with Gasteiger partial charge < -0.3 is 10.1 Å². The van der Waals surface area contributed by atoms with Gasteiger partial charge in [0.15, 0.2) is 0 Å². The van der Waals surface area contributed by atoms with Crippen LogP contribution in [0.15, 0.2) is 47.4 Å². The third-order valence-electron chi connectivity index (χ3n) is 4.46. The van der Waals surface area contributed by atoms with Crippen molar-refractivity contribution in [3.63, 3.8) is 0 Å². The number of ether oxygens (including phenoxy) is 1. The molecule has 0 saturated carbocycles. The van der Waals surface area contributed by atoms with Crippen molar-refractivity contribution >= 4 is 44.2 Å². The van der Waals surface area contributed by atoms with Crippen molar-refractivity contribution in [3.8, 4) is 5.75 Å². The zero-order valence-corrected chi connectivity index (χ0v) is 17.9. The van der Waals surface area contributed by atoms with E-state index in [1.54, 1.807) is 43.5 Å². The first kappa shape index (κ1) is 20.1. The van der Waals surface area contributed by atoms with Gasteiger partial charge in [0, 0.05) is 24.3 Å². The van der Waals surface area contributed by atoms with E-state index in [4.69, 9.17) is 4.74 Å². The van der Waals surface area contributed by atoms with Gasteiger partial charge in [0.25, 0.3) is 5.91 Å². The van der Waals surface area contributed by atoms with Crippen LogP contribution >= 0.6 is 22.6 Å². The van der Waals surface area contributed by atoms with Crippen LogP contribution in [-0.4, -0.2) is 38.8 Å². The minimum absolute atomic E-state index is 0.200. The summed E-state index contributed by atoms with van der Waals surface area (Å²) in [5.41, 5.74) is 0.924. The average molecular weight is 500 g/mol. The Kier molecular flexibility index (Phi) is 6.38. The third kappa shape index (κ3) is 4.61. The van der Waals surface area contributed by atoms with Gasteiger partial charge in [-0.05, 0) is 71.8 Å². The SMILES string of the molecule is COc1ccc(C(=O)Nc2cccc(S(=O)(=O)N3CCCCC3)c2)cc1I. The van der Waals surface area contributed by atoms with E-state index in [1.807, 2.05) is 0 Å². The Morgan fingerprint density at radius 3 is 2.52 bits per heavy atom.